The lowest BCUT2D eigenvalue weighted by atomic mass is 9.89. The van der Waals surface area contributed by atoms with Crippen molar-refractivity contribution in [3.8, 4) is 22.5 Å². The third-order valence-electron chi connectivity index (χ3n) is 6.90. The van der Waals surface area contributed by atoms with Crippen LogP contribution in [0.1, 0.15) is 33.6 Å². The molecule has 0 aromatic heterocycles. The Hall–Kier alpha value is -4.13. The zero-order chi connectivity index (χ0) is 23.4. The van der Waals surface area contributed by atoms with Gasteiger partial charge in [0.1, 0.15) is 24.4 Å². The lowest BCUT2D eigenvalue weighted by Gasteiger charge is -2.33. The Bertz CT molecular complexity index is 1520. The number of carboxylic acids is 2. The number of hydrogen-bond acceptors (Lipinski definition) is 4. The Morgan fingerprint density at radius 2 is 1.68 bits per heavy atom. The minimum absolute atomic E-state index is 0.0384. The van der Waals surface area contributed by atoms with Gasteiger partial charge in [0, 0.05) is 47.4 Å². The van der Waals surface area contributed by atoms with E-state index in [0.29, 0.717) is 22.5 Å². The summed E-state index contributed by atoms with van der Waals surface area (Å²) in [6.07, 6.45) is 2.31. The van der Waals surface area contributed by atoms with Crippen molar-refractivity contribution in [2.45, 2.75) is 12.8 Å². The molecule has 1 aliphatic carbocycles. The van der Waals surface area contributed by atoms with Crippen LogP contribution in [0.15, 0.2) is 59.0 Å². The van der Waals surface area contributed by atoms with Crippen molar-refractivity contribution in [1.82, 2.24) is 4.58 Å². The molecule has 0 saturated carbocycles. The summed E-state index contributed by atoms with van der Waals surface area (Å²) in [6, 6.07) is 16.1. The molecular formula is C27H23N2O5+. The molecule has 0 spiro atoms. The zero-order valence-electron chi connectivity index (χ0n) is 18.5. The number of aromatic carboxylic acids is 2. The van der Waals surface area contributed by atoms with Crippen molar-refractivity contribution in [3.63, 3.8) is 0 Å². The largest absolute Gasteiger partial charge is 0.478 e. The van der Waals surface area contributed by atoms with E-state index in [9.17, 15) is 19.8 Å². The maximum atomic E-state index is 12.1. The van der Waals surface area contributed by atoms with E-state index >= 15 is 0 Å². The molecule has 0 atom stereocenters. The summed E-state index contributed by atoms with van der Waals surface area (Å²) in [5, 5.41) is 21.3. The molecule has 2 aromatic rings. The Morgan fingerprint density at radius 3 is 2.32 bits per heavy atom. The number of nitrogens with zero attached hydrogens (tertiary/aromatic N) is 2. The molecule has 0 bridgehead atoms. The Labute approximate surface area is 195 Å². The Kier molecular flexibility index (Phi) is 4.65. The molecule has 3 heterocycles. The van der Waals surface area contributed by atoms with Gasteiger partial charge in [0.25, 0.3) is 0 Å². The first kappa shape index (κ1) is 20.5. The number of carboxylic acid groups (broad SMARTS) is 2. The second-order valence-corrected chi connectivity index (χ2v) is 8.89. The monoisotopic (exact) mass is 455 g/mol. The van der Waals surface area contributed by atoms with E-state index < -0.39 is 11.9 Å². The van der Waals surface area contributed by atoms with Gasteiger partial charge in [-0.25, -0.2) is 14.2 Å². The topological polar surface area (TPSA) is 94.0 Å². The van der Waals surface area contributed by atoms with Crippen LogP contribution >= 0.6 is 0 Å². The third kappa shape index (κ3) is 3.23. The van der Waals surface area contributed by atoms with Gasteiger partial charge in [-0.1, -0.05) is 0 Å². The highest BCUT2D eigenvalue weighted by Crippen LogP contribution is 2.42. The Morgan fingerprint density at radius 1 is 0.853 bits per heavy atom. The number of fused-ring (bicyclic) bond motifs is 2. The second-order valence-electron chi connectivity index (χ2n) is 8.89. The van der Waals surface area contributed by atoms with Crippen molar-refractivity contribution < 1.29 is 24.2 Å². The molecule has 2 saturated heterocycles. The first-order valence-electron chi connectivity index (χ1n) is 11.4. The summed E-state index contributed by atoms with van der Waals surface area (Å²) in [5.74, 6) is -1.57. The molecule has 2 N–H and O–H groups in total. The molecule has 7 nitrogen and oxygen atoms in total. The highest BCUT2D eigenvalue weighted by Gasteiger charge is 2.25. The first-order valence-corrected chi connectivity index (χ1v) is 11.4. The number of anilines is 1. The van der Waals surface area contributed by atoms with E-state index in [4.69, 9.17) is 4.42 Å². The molecule has 3 aliphatic heterocycles. The molecular weight excluding hydrogens is 432 g/mol. The highest BCUT2D eigenvalue weighted by molar-refractivity contribution is 6.09. The van der Waals surface area contributed by atoms with Gasteiger partial charge >= 0.3 is 11.9 Å². The third-order valence-corrected chi connectivity index (χ3v) is 6.90. The Balaban J connectivity index is 1.70. The van der Waals surface area contributed by atoms with E-state index in [-0.39, 0.29) is 11.1 Å². The maximum absolute atomic E-state index is 12.1. The van der Waals surface area contributed by atoms with Gasteiger partial charge < -0.3 is 19.5 Å². The number of hydrogen-bond donors (Lipinski definition) is 2. The van der Waals surface area contributed by atoms with Crippen molar-refractivity contribution >= 4 is 28.6 Å². The predicted octanol–water partition coefficient (Wildman–Crippen LogP) is 3.99. The summed E-state index contributed by atoms with van der Waals surface area (Å²) < 4.78 is 8.66. The number of rotatable bonds is 4. The van der Waals surface area contributed by atoms with Crippen LogP contribution in [-0.2, 0) is 0 Å². The summed E-state index contributed by atoms with van der Waals surface area (Å²) in [7, 11) is 0. The summed E-state index contributed by atoms with van der Waals surface area (Å²) in [6.45, 7) is 3.98. The van der Waals surface area contributed by atoms with E-state index in [2.05, 4.69) is 9.48 Å². The minimum Gasteiger partial charge on any atom is -0.478 e. The zero-order valence-corrected chi connectivity index (χ0v) is 18.5. The second kappa shape index (κ2) is 7.73. The molecule has 0 unspecified atom stereocenters. The van der Waals surface area contributed by atoms with Crippen molar-refractivity contribution in [2.75, 3.05) is 31.1 Å². The van der Waals surface area contributed by atoms with Gasteiger partial charge in [0.2, 0.25) is 5.36 Å². The van der Waals surface area contributed by atoms with Gasteiger partial charge in [-0.15, -0.1) is 0 Å². The van der Waals surface area contributed by atoms with Crippen molar-refractivity contribution in [1.29, 1.82) is 0 Å². The van der Waals surface area contributed by atoms with Gasteiger partial charge in [0.15, 0.2) is 0 Å². The van der Waals surface area contributed by atoms with Gasteiger partial charge in [-0.2, -0.15) is 0 Å². The van der Waals surface area contributed by atoms with Crippen LogP contribution in [0.5, 0.6) is 0 Å². The number of benzene rings is 3. The molecule has 2 fully saturated rings. The van der Waals surface area contributed by atoms with Crippen LogP contribution in [0.25, 0.3) is 33.4 Å². The van der Waals surface area contributed by atoms with Crippen molar-refractivity contribution in [3.05, 3.63) is 71.1 Å². The lowest BCUT2D eigenvalue weighted by molar-refractivity contribution is 0.0682. The lowest BCUT2D eigenvalue weighted by Crippen LogP contribution is -2.40. The molecule has 2 aromatic carbocycles. The summed E-state index contributed by atoms with van der Waals surface area (Å²) in [4.78, 5) is 26.1. The standard InChI is InChI=1S/C27H22N2O5/c30-26(31)16-3-6-19(27(32)33)22(13-16)25-20-7-4-17(28-9-1-10-28)14-23(20)34-24-15-18(5-8-21(24)25)29-11-2-12-29/h3-8,13-15H,1-2,9-12H2,(H-,30,31,32,33)/p+1. The van der Waals surface area contributed by atoms with Crippen LogP contribution in [0.3, 0.4) is 0 Å². The smallest absolute Gasteiger partial charge is 0.336 e. The van der Waals surface area contributed by atoms with Crippen molar-refractivity contribution in [2.24, 2.45) is 0 Å². The quantitative estimate of drug-likeness (QED) is 0.357. The van der Waals surface area contributed by atoms with E-state index in [0.717, 1.165) is 61.0 Å². The van der Waals surface area contributed by atoms with E-state index in [1.165, 1.54) is 18.2 Å². The van der Waals surface area contributed by atoms with Gasteiger partial charge in [-0.05, 0) is 48.4 Å². The fourth-order valence-electron chi connectivity index (χ4n) is 4.77. The molecule has 0 amide bonds. The highest BCUT2D eigenvalue weighted by atomic mass is 16.4. The first-order chi connectivity index (χ1) is 16.5. The van der Waals surface area contributed by atoms with Crippen LogP contribution in [0.4, 0.5) is 5.69 Å². The maximum Gasteiger partial charge on any atom is 0.336 e. The SMILES string of the molecule is O=C(O)c1ccc(C(=O)O)c(-c2c3ccc(=[N+]4CCC4)cc-3oc3cc(N4CCC4)ccc23)c1. The summed E-state index contributed by atoms with van der Waals surface area (Å²) >= 11 is 0. The number of carbonyl (C=O) groups is 2. The van der Waals surface area contributed by atoms with Gasteiger partial charge in [-0.3, -0.25) is 0 Å². The van der Waals surface area contributed by atoms with Gasteiger partial charge in [0.05, 0.1) is 23.6 Å². The van der Waals surface area contributed by atoms with E-state index in [1.54, 1.807) is 0 Å². The normalized spacial score (nSPS) is 15.3. The average Bonchev–Trinajstić information content (AvgIpc) is 2.74. The molecule has 0 radical (unpaired) electrons. The average molecular weight is 455 g/mol. The van der Waals surface area contributed by atoms with Crippen LogP contribution in [0.2, 0.25) is 0 Å². The predicted molar refractivity (Wildman–Crippen MR) is 129 cm³/mol. The molecule has 170 valence electrons. The van der Waals surface area contributed by atoms with Crippen LogP contribution in [0, 0.1) is 0 Å². The van der Waals surface area contributed by atoms with Crippen LogP contribution < -0.4 is 14.8 Å². The molecule has 6 rings (SSSR count). The fourth-order valence-corrected chi connectivity index (χ4v) is 4.77. The summed E-state index contributed by atoms with van der Waals surface area (Å²) in [5.41, 5.74) is 3.58. The van der Waals surface area contributed by atoms with Crippen LogP contribution in [-0.4, -0.2) is 48.3 Å². The molecule has 7 heteroatoms. The molecule has 34 heavy (non-hydrogen) atoms. The van der Waals surface area contributed by atoms with E-state index in [1.807, 2.05) is 36.4 Å². The molecule has 4 aliphatic rings. The minimum atomic E-state index is -1.11. The fraction of sp³-hybridized carbons (Fsp3) is 0.222.